The minimum absolute atomic E-state index is 0.0119. The van der Waals surface area contributed by atoms with Gasteiger partial charge in [0.25, 0.3) is 0 Å². The molecule has 0 saturated heterocycles. The van der Waals surface area contributed by atoms with Crippen molar-refractivity contribution in [3.8, 4) is 5.88 Å². The van der Waals surface area contributed by atoms with E-state index in [2.05, 4.69) is 9.97 Å². The molecule has 2 aromatic rings. The molecule has 3 heterocycles. The minimum atomic E-state index is 0.0119. The van der Waals surface area contributed by atoms with Gasteiger partial charge in [-0.15, -0.1) is 11.3 Å². The first-order chi connectivity index (χ1) is 8.16. The number of carbonyl (C=O) groups is 1. The highest BCUT2D eigenvalue weighted by Crippen LogP contribution is 2.37. The smallest absolute Gasteiger partial charge is 0.223 e. The predicted molar refractivity (Wildman–Crippen MR) is 63.9 cm³/mol. The number of amides is 1. The molecule has 0 saturated carbocycles. The quantitative estimate of drug-likeness (QED) is 0.764. The zero-order chi connectivity index (χ0) is 12.0. The lowest BCUT2D eigenvalue weighted by Gasteiger charge is -2.25. The highest BCUT2D eigenvalue weighted by atomic mass is 32.1. The van der Waals surface area contributed by atoms with E-state index in [0.717, 1.165) is 23.4 Å². The molecule has 6 heteroatoms. The molecule has 0 aliphatic carbocycles. The molecule has 0 aromatic carbocycles. The maximum atomic E-state index is 11.4. The highest BCUT2D eigenvalue weighted by Gasteiger charge is 2.24. The molecular formula is C11H11N3O2S. The number of aromatic hydroxyl groups is 1. The number of carbonyl (C=O) groups excluding carboxylic acids is 1. The predicted octanol–water partition coefficient (Wildman–Crippen LogP) is 1.30. The van der Waals surface area contributed by atoms with Crippen molar-refractivity contribution in [1.82, 2.24) is 14.9 Å². The van der Waals surface area contributed by atoms with Crippen molar-refractivity contribution in [1.29, 1.82) is 0 Å². The summed E-state index contributed by atoms with van der Waals surface area (Å²) >= 11 is 1.58. The number of thiophene rings is 1. The average molecular weight is 249 g/mol. The van der Waals surface area contributed by atoms with Gasteiger partial charge < -0.3 is 10.0 Å². The van der Waals surface area contributed by atoms with Crippen LogP contribution in [0.25, 0.3) is 10.2 Å². The van der Waals surface area contributed by atoms with Crippen molar-refractivity contribution in [2.45, 2.75) is 19.9 Å². The van der Waals surface area contributed by atoms with E-state index in [1.165, 1.54) is 11.2 Å². The Labute approximate surface area is 102 Å². The van der Waals surface area contributed by atoms with Crippen LogP contribution in [0, 0.1) is 0 Å². The third-order valence-electron chi connectivity index (χ3n) is 3.05. The van der Waals surface area contributed by atoms with Crippen LogP contribution in [-0.4, -0.2) is 32.4 Å². The number of fused-ring (bicyclic) bond motifs is 3. The van der Waals surface area contributed by atoms with E-state index in [4.69, 9.17) is 0 Å². The molecule has 0 spiro atoms. The maximum Gasteiger partial charge on any atom is 0.223 e. The first-order valence-electron chi connectivity index (χ1n) is 5.36. The Bertz CT molecular complexity index is 608. The first-order valence-corrected chi connectivity index (χ1v) is 6.18. The second-order valence-electron chi connectivity index (χ2n) is 4.07. The van der Waals surface area contributed by atoms with Crippen LogP contribution in [0.4, 0.5) is 0 Å². The Balaban J connectivity index is 2.17. The molecule has 1 aliphatic heterocycles. The molecule has 0 unspecified atom stereocenters. The number of nitrogens with zero attached hydrogens (tertiary/aromatic N) is 3. The van der Waals surface area contributed by atoms with Gasteiger partial charge in [0.15, 0.2) is 0 Å². The summed E-state index contributed by atoms with van der Waals surface area (Å²) in [7, 11) is 0. The lowest BCUT2D eigenvalue weighted by molar-refractivity contribution is -0.129. The van der Waals surface area contributed by atoms with E-state index in [-0.39, 0.29) is 11.8 Å². The highest BCUT2D eigenvalue weighted by molar-refractivity contribution is 7.18. The van der Waals surface area contributed by atoms with Crippen LogP contribution in [0.1, 0.15) is 17.4 Å². The molecule has 1 amide bonds. The summed E-state index contributed by atoms with van der Waals surface area (Å²) < 4.78 is 0. The molecule has 1 aliphatic rings. The zero-order valence-corrected chi connectivity index (χ0v) is 10.1. The average Bonchev–Trinajstić information content (AvgIpc) is 2.67. The van der Waals surface area contributed by atoms with E-state index in [0.29, 0.717) is 11.9 Å². The van der Waals surface area contributed by atoms with E-state index in [1.807, 2.05) is 0 Å². The summed E-state index contributed by atoms with van der Waals surface area (Å²) in [6, 6.07) is 0. The van der Waals surface area contributed by atoms with Crippen LogP contribution < -0.4 is 0 Å². The van der Waals surface area contributed by atoms with Crippen molar-refractivity contribution in [2.75, 3.05) is 6.54 Å². The van der Waals surface area contributed by atoms with E-state index >= 15 is 0 Å². The summed E-state index contributed by atoms with van der Waals surface area (Å²) in [5.41, 5.74) is 1.00. The molecule has 0 fully saturated rings. The fourth-order valence-corrected chi connectivity index (χ4v) is 3.30. The lowest BCUT2D eigenvalue weighted by atomic mass is 10.1. The van der Waals surface area contributed by atoms with Gasteiger partial charge in [-0.05, 0) is 6.42 Å². The van der Waals surface area contributed by atoms with Gasteiger partial charge in [-0.1, -0.05) is 0 Å². The summed E-state index contributed by atoms with van der Waals surface area (Å²) in [5.74, 6) is 0.0734. The number of hydrogen-bond donors (Lipinski definition) is 1. The second kappa shape index (κ2) is 3.66. The number of aromatic nitrogens is 2. The lowest BCUT2D eigenvalue weighted by Crippen LogP contribution is -2.33. The van der Waals surface area contributed by atoms with Gasteiger partial charge in [0, 0.05) is 30.5 Å². The van der Waals surface area contributed by atoms with Crippen LogP contribution >= 0.6 is 11.3 Å². The van der Waals surface area contributed by atoms with E-state index < -0.39 is 0 Å². The van der Waals surface area contributed by atoms with E-state index in [1.54, 1.807) is 23.2 Å². The van der Waals surface area contributed by atoms with Gasteiger partial charge in [0.1, 0.15) is 11.2 Å². The number of rotatable bonds is 0. The summed E-state index contributed by atoms with van der Waals surface area (Å²) in [6.07, 6.45) is 2.19. The van der Waals surface area contributed by atoms with Crippen molar-refractivity contribution >= 4 is 27.5 Å². The third kappa shape index (κ3) is 1.56. The normalized spacial score (nSPS) is 15.0. The van der Waals surface area contributed by atoms with Gasteiger partial charge in [-0.2, -0.15) is 0 Å². The zero-order valence-electron chi connectivity index (χ0n) is 9.30. The van der Waals surface area contributed by atoms with Crippen LogP contribution in [-0.2, 0) is 17.8 Å². The van der Waals surface area contributed by atoms with Gasteiger partial charge in [0.05, 0.1) is 5.39 Å². The monoisotopic (exact) mass is 249 g/mol. The number of hydrogen-bond acceptors (Lipinski definition) is 5. The Morgan fingerprint density at radius 3 is 3.12 bits per heavy atom. The Morgan fingerprint density at radius 1 is 1.53 bits per heavy atom. The van der Waals surface area contributed by atoms with Crippen LogP contribution in [0.2, 0.25) is 0 Å². The second-order valence-corrected chi connectivity index (χ2v) is 5.16. The minimum Gasteiger partial charge on any atom is -0.493 e. The van der Waals surface area contributed by atoms with Gasteiger partial charge in [0.2, 0.25) is 11.8 Å². The molecule has 0 radical (unpaired) electrons. The summed E-state index contributed by atoms with van der Waals surface area (Å²) in [4.78, 5) is 23.1. The van der Waals surface area contributed by atoms with Crippen LogP contribution in [0.15, 0.2) is 6.33 Å². The Kier molecular flexibility index (Phi) is 2.25. The summed E-state index contributed by atoms with van der Waals surface area (Å²) in [6.45, 7) is 2.85. The maximum absolute atomic E-state index is 11.4. The molecule has 3 rings (SSSR count). The van der Waals surface area contributed by atoms with Gasteiger partial charge in [-0.25, -0.2) is 9.97 Å². The fraction of sp³-hybridized carbons (Fsp3) is 0.364. The molecule has 0 atom stereocenters. The van der Waals surface area contributed by atoms with Gasteiger partial charge in [-0.3, -0.25) is 4.79 Å². The largest absolute Gasteiger partial charge is 0.493 e. The Morgan fingerprint density at radius 2 is 2.35 bits per heavy atom. The molecule has 17 heavy (non-hydrogen) atoms. The van der Waals surface area contributed by atoms with Crippen LogP contribution in [0.3, 0.4) is 0 Å². The van der Waals surface area contributed by atoms with Crippen molar-refractivity contribution < 1.29 is 9.90 Å². The van der Waals surface area contributed by atoms with Gasteiger partial charge >= 0.3 is 0 Å². The molecule has 0 bridgehead atoms. The third-order valence-corrected chi connectivity index (χ3v) is 4.25. The summed E-state index contributed by atoms with van der Waals surface area (Å²) in [5, 5.41) is 10.5. The Hall–Kier alpha value is -1.69. The fourth-order valence-electron chi connectivity index (χ4n) is 2.16. The molecule has 5 nitrogen and oxygen atoms in total. The molecule has 2 aromatic heterocycles. The molecular weight excluding hydrogens is 238 g/mol. The van der Waals surface area contributed by atoms with Crippen molar-refractivity contribution in [3.63, 3.8) is 0 Å². The molecule has 1 N–H and O–H groups in total. The van der Waals surface area contributed by atoms with Crippen molar-refractivity contribution in [2.24, 2.45) is 0 Å². The topological polar surface area (TPSA) is 66.3 Å². The standard InChI is InChI=1S/C11H11N3O2S/c1-6(15)14-3-2-8-7(4-14)9-10(16)12-5-13-11(9)17-8/h5H,2-4H2,1H3,(H,12,13,16). The molecule has 88 valence electrons. The van der Waals surface area contributed by atoms with Crippen molar-refractivity contribution in [3.05, 3.63) is 16.8 Å². The first kappa shape index (κ1) is 10.5. The van der Waals surface area contributed by atoms with Crippen LogP contribution in [0.5, 0.6) is 5.88 Å². The SMILES string of the molecule is CC(=O)N1CCc2sc3ncnc(O)c3c2C1. The van der Waals surface area contributed by atoms with E-state index in [9.17, 15) is 9.90 Å².